The van der Waals surface area contributed by atoms with E-state index in [4.69, 9.17) is 0 Å². The van der Waals surface area contributed by atoms with Gasteiger partial charge in [-0.1, -0.05) is 29.8 Å². The lowest BCUT2D eigenvalue weighted by Gasteiger charge is -2.30. The van der Waals surface area contributed by atoms with Gasteiger partial charge in [-0.2, -0.15) is 0 Å². The van der Waals surface area contributed by atoms with Crippen LogP contribution < -0.4 is 0 Å². The van der Waals surface area contributed by atoms with E-state index < -0.39 is 11.9 Å². The minimum absolute atomic E-state index is 0.00740. The highest BCUT2D eigenvalue weighted by molar-refractivity contribution is 5.99. The summed E-state index contributed by atoms with van der Waals surface area (Å²) in [5.41, 5.74) is 2.42. The van der Waals surface area contributed by atoms with Crippen LogP contribution in [-0.2, 0) is 20.9 Å². The van der Waals surface area contributed by atoms with Crippen LogP contribution in [0.5, 0.6) is 0 Å². The van der Waals surface area contributed by atoms with Gasteiger partial charge in [-0.05, 0) is 12.5 Å². The molecule has 0 aliphatic carbocycles. The molecule has 0 bridgehead atoms. The van der Waals surface area contributed by atoms with E-state index in [2.05, 4.69) is 40.8 Å². The Morgan fingerprint density at radius 2 is 2.05 bits per heavy atom. The molecule has 1 aromatic carbocycles. The Kier molecular flexibility index (Phi) is 4.32. The van der Waals surface area contributed by atoms with E-state index in [0.29, 0.717) is 19.5 Å². The number of hydrogen-bond donors (Lipinski definition) is 0. The summed E-state index contributed by atoms with van der Waals surface area (Å²) in [7, 11) is 1.33. The number of aryl methyl sites for hydroxylation is 1. The number of nitrogens with zero attached hydrogens (tertiary/aromatic N) is 1. The first-order valence-corrected chi connectivity index (χ1v) is 6.48. The molecule has 2 rings (SSSR count). The quantitative estimate of drug-likeness (QED) is 0.612. The molecule has 19 heavy (non-hydrogen) atoms. The Morgan fingerprint density at radius 1 is 1.37 bits per heavy atom. The number of benzene rings is 1. The highest BCUT2D eigenvalue weighted by Gasteiger charge is 2.33. The first kappa shape index (κ1) is 13.7. The topological polar surface area (TPSA) is 46.6 Å². The van der Waals surface area contributed by atoms with Gasteiger partial charge in [0.15, 0.2) is 0 Å². The fourth-order valence-corrected chi connectivity index (χ4v) is 2.34. The maximum absolute atomic E-state index is 11.7. The van der Waals surface area contributed by atoms with Crippen LogP contribution in [-0.4, -0.2) is 36.9 Å². The van der Waals surface area contributed by atoms with E-state index in [1.807, 2.05) is 0 Å². The van der Waals surface area contributed by atoms with Crippen molar-refractivity contribution in [2.75, 3.05) is 20.2 Å². The normalized spacial score (nSPS) is 20.3. The van der Waals surface area contributed by atoms with Gasteiger partial charge >= 0.3 is 5.97 Å². The third-order valence-corrected chi connectivity index (χ3v) is 3.52. The zero-order chi connectivity index (χ0) is 13.8. The molecular weight excluding hydrogens is 242 g/mol. The summed E-state index contributed by atoms with van der Waals surface area (Å²) >= 11 is 0. The number of Topliss-reactive ketones (excluding diaryl/α,β-unsaturated/α-hetero) is 1. The number of likely N-dealkylation sites (tertiary alicyclic amines) is 1. The summed E-state index contributed by atoms with van der Waals surface area (Å²) in [6.45, 7) is 3.98. The van der Waals surface area contributed by atoms with Gasteiger partial charge in [-0.25, -0.2) is 0 Å². The first-order chi connectivity index (χ1) is 9.10. The maximum Gasteiger partial charge on any atom is 0.317 e. The second-order valence-electron chi connectivity index (χ2n) is 5.01. The fraction of sp³-hybridized carbons (Fsp3) is 0.467. The van der Waals surface area contributed by atoms with Gasteiger partial charge in [0, 0.05) is 26.1 Å². The number of rotatable bonds is 3. The van der Waals surface area contributed by atoms with E-state index >= 15 is 0 Å². The Hall–Kier alpha value is -1.68. The van der Waals surface area contributed by atoms with Crippen LogP contribution in [0.1, 0.15) is 17.5 Å². The predicted octanol–water partition coefficient (Wildman–Crippen LogP) is 1.56. The Morgan fingerprint density at radius 3 is 2.68 bits per heavy atom. The molecule has 0 radical (unpaired) electrons. The summed E-state index contributed by atoms with van der Waals surface area (Å²) in [4.78, 5) is 25.4. The van der Waals surface area contributed by atoms with Crippen LogP contribution in [0.3, 0.4) is 0 Å². The number of piperidine rings is 1. The van der Waals surface area contributed by atoms with Crippen molar-refractivity contribution in [2.45, 2.75) is 19.9 Å². The van der Waals surface area contributed by atoms with Crippen molar-refractivity contribution < 1.29 is 14.3 Å². The molecule has 1 fully saturated rings. The van der Waals surface area contributed by atoms with Crippen molar-refractivity contribution >= 4 is 11.8 Å². The van der Waals surface area contributed by atoms with Crippen LogP contribution in [0.4, 0.5) is 0 Å². The molecule has 1 saturated heterocycles. The van der Waals surface area contributed by atoms with Crippen molar-refractivity contribution in [3.8, 4) is 0 Å². The van der Waals surface area contributed by atoms with Gasteiger partial charge in [-0.3, -0.25) is 14.5 Å². The molecule has 0 N–H and O–H groups in total. The van der Waals surface area contributed by atoms with Crippen molar-refractivity contribution in [1.29, 1.82) is 0 Å². The van der Waals surface area contributed by atoms with Gasteiger partial charge in [0.1, 0.15) is 11.7 Å². The number of ether oxygens (including phenoxy) is 1. The van der Waals surface area contributed by atoms with Crippen molar-refractivity contribution in [1.82, 2.24) is 4.90 Å². The third kappa shape index (κ3) is 3.41. The molecule has 1 heterocycles. The molecule has 4 nitrogen and oxygen atoms in total. The molecule has 1 aromatic rings. The zero-order valence-corrected chi connectivity index (χ0v) is 11.4. The van der Waals surface area contributed by atoms with E-state index in [-0.39, 0.29) is 5.78 Å². The molecule has 1 aliphatic heterocycles. The SMILES string of the molecule is COC(=O)C1CN(Cc2ccc(C)cc2)CCC1=O. The summed E-state index contributed by atoms with van der Waals surface area (Å²) in [5.74, 6) is -1.05. The van der Waals surface area contributed by atoms with E-state index in [0.717, 1.165) is 6.54 Å². The van der Waals surface area contributed by atoms with Crippen LogP contribution in [0.15, 0.2) is 24.3 Å². The van der Waals surface area contributed by atoms with Crippen LogP contribution in [0, 0.1) is 12.8 Å². The average molecular weight is 261 g/mol. The molecule has 1 aliphatic rings. The molecule has 1 unspecified atom stereocenters. The number of methoxy groups -OCH3 is 1. The summed E-state index contributed by atoms with van der Waals surface area (Å²) in [6, 6.07) is 8.31. The van der Waals surface area contributed by atoms with Gasteiger partial charge < -0.3 is 4.74 Å². The number of ketones is 1. The number of carbonyl (C=O) groups is 2. The molecular formula is C15H19NO3. The van der Waals surface area contributed by atoms with Crippen LogP contribution >= 0.6 is 0 Å². The Labute approximate surface area is 113 Å². The van der Waals surface area contributed by atoms with Gasteiger partial charge in [0.2, 0.25) is 0 Å². The van der Waals surface area contributed by atoms with Crippen molar-refractivity contribution in [3.63, 3.8) is 0 Å². The Bertz CT molecular complexity index is 459. The van der Waals surface area contributed by atoms with E-state index in [1.54, 1.807) is 0 Å². The van der Waals surface area contributed by atoms with E-state index in [9.17, 15) is 9.59 Å². The molecule has 4 heteroatoms. The average Bonchev–Trinajstić information content (AvgIpc) is 2.42. The van der Waals surface area contributed by atoms with Crippen molar-refractivity contribution in [3.05, 3.63) is 35.4 Å². The maximum atomic E-state index is 11.7. The fourth-order valence-electron chi connectivity index (χ4n) is 2.34. The lowest BCUT2D eigenvalue weighted by molar-refractivity contribution is -0.152. The molecule has 0 aromatic heterocycles. The summed E-state index contributed by atoms with van der Waals surface area (Å²) < 4.78 is 4.69. The number of esters is 1. The molecule has 102 valence electrons. The third-order valence-electron chi connectivity index (χ3n) is 3.52. The second kappa shape index (κ2) is 5.97. The molecule has 0 amide bonds. The van der Waals surface area contributed by atoms with Crippen molar-refractivity contribution in [2.24, 2.45) is 5.92 Å². The van der Waals surface area contributed by atoms with E-state index in [1.165, 1.54) is 18.2 Å². The first-order valence-electron chi connectivity index (χ1n) is 6.48. The second-order valence-corrected chi connectivity index (χ2v) is 5.01. The van der Waals surface area contributed by atoms with Gasteiger partial charge in [0.05, 0.1) is 7.11 Å². The standard InChI is InChI=1S/C15H19NO3/c1-11-3-5-12(6-4-11)9-16-8-7-14(17)13(10-16)15(18)19-2/h3-6,13H,7-10H2,1-2H3. The minimum atomic E-state index is -0.621. The number of hydrogen-bond acceptors (Lipinski definition) is 4. The highest BCUT2D eigenvalue weighted by atomic mass is 16.5. The molecule has 0 saturated carbocycles. The predicted molar refractivity (Wildman–Crippen MR) is 71.6 cm³/mol. The summed E-state index contributed by atoms with van der Waals surface area (Å²) in [6.07, 6.45) is 0.422. The summed E-state index contributed by atoms with van der Waals surface area (Å²) in [5, 5.41) is 0. The zero-order valence-electron chi connectivity index (χ0n) is 11.4. The van der Waals surface area contributed by atoms with Crippen LogP contribution in [0.25, 0.3) is 0 Å². The highest BCUT2D eigenvalue weighted by Crippen LogP contribution is 2.17. The lowest BCUT2D eigenvalue weighted by Crippen LogP contribution is -2.44. The minimum Gasteiger partial charge on any atom is -0.468 e. The largest absolute Gasteiger partial charge is 0.468 e. The smallest absolute Gasteiger partial charge is 0.317 e. The van der Waals surface area contributed by atoms with Crippen LogP contribution in [0.2, 0.25) is 0 Å². The number of carbonyl (C=O) groups excluding carboxylic acids is 2. The Balaban J connectivity index is 2.00. The molecule has 0 spiro atoms. The molecule has 1 atom stereocenters. The van der Waals surface area contributed by atoms with Gasteiger partial charge in [-0.15, -0.1) is 0 Å². The van der Waals surface area contributed by atoms with Gasteiger partial charge in [0.25, 0.3) is 0 Å². The monoisotopic (exact) mass is 261 g/mol. The lowest BCUT2D eigenvalue weighted by atomic mass is 9.96.